The number of nitrogens with one attached hydrogen (secondary N) is 2. The third kappa shape index (κ3) is 7.38. The maximum absolute atomic E-state index is 14.1. The maximum Gasteiger partial charge on any atom is 0.412 e. The SMILES string of the molecule is Cc1nn(CC(C)C)c(C)c1CCC(=O)Nc1ccc(F)c(NC(=O)OC(C)(C)C)c1. The van der Waals surface area contributed by atoms with Crippen molar-refractivity contribution < 1.29 is 18.7 Å². The average Bonchev–Trinajstić information content (AvgIpc) is 2.87. The highest BCUT2D eigenvalue weighted by Gasteiger charge is 2.18. The Kier molecular flexibility index (Phi) is 7.81. The molecule has 0 spiro atoms. The van der Waals surface area contributed by atoms with E-state index in [-0.39, 0.29) is 18.0 Å². The lowest BCUT2D eigenvalue weighted by atomic mass is 10.1. The Morgan fingerprint density at radius 1 is 1.19 bits per heavy atom. The van der Waals surface area contributed by atoms with Crippen molar-refractivity contribution in [2.45, 2.75) is 73.5 Å². The molecule has 1 aromatic carbocycles. The van der Waals surface area contributed by atoms with Gasteiger partial charge >= 0.3 is 6.09 Å². The molecule has 7 nitrogen and oxygen atoms in total. The number of halogens is 1. The minimum Gasteiger partial charge on any atom is -0.444 e. The van der Waals surface area contributed by atoms with Gasteiger partial charge in [-0.25, -0.2) is 9.18 Å². The molecule has 8 heteroatoms. The van der Waals surface area contributed by atoms with Gasteiger partial charge in [-0.15, -0.1) is 0 Å². The van der Waals surface area contributed by atoms with E-state index in [0.717, 1.165) is 23.5 Å². The Labute approximate surface area is 183 Å². The van der Waals surface area contributed by atoms with E-state index in [9.17, 15) is 14.0 Å². The quantitative estimate of drug-likeness (QED) is 0.629. The summed E-state index contributed by atoms with van der Waals surface area (Å²) >= 11 is 0. The van der Waals surface area contributed by atoms with E-state index in [4.69, 9.17) is 4.74 Å². The van der Waals surface area contributed by atoms with Crippen molar-refractivity contribution in [3.63, 3.8) is 0 Å². The summed E-state index contributed by atoms with van der Waals surface area (Å²) in [7, 11) is 0. The molecule has 0 bridgehead atoms. The van der Waals surface area contributed by atoms with E-state index in [2.05, 4.69) is 29.6 Å². The highest BCUT2D eigenvalue weighted by molar-refractivity contribution is 5.92. The highest BCUT2D eigenvalue weighted by Crippen LogP contribution is 2.22. The van der Waals surface area contributed by atoms with Gasteiger partial charge in [-0.05, 0) is 70.7 Å². The van der Waals surface area contributed by atoms with Crippen molar-refractivity contribution in [3.8, 4) is 0 Å². The van der Waals surface area contributed by atoms with Crippen LogP contribution in [0.4, 0.5) is 20.6 Å². The first-order chi connectivity index (χ1) is 14.4. The molecule has 0 fully saturated rings. The van der Waals surface area contributed by atoms with E-state index in [1.165, 1.54) is 18.2 Å². The summed E-state index contributed by atoms with van der Waals surface area (Å²) in [6, 6.07) is 4.01. The number of hydrogen-bond acceptors (Lipinski definition) is 4. The van der Waals surface area contributed by atoms with E-state index >= 15 is 0 Å². The third-order valence-electron chi connectivity index (χ3n) is 4.56. The van der Waals surface area contributed by atoms with Gasteiger partial charge in [0.2, 0.25) is 5.91 Å². The topological polar surface area (TPSA) is 85.3 Å². The Balaban J connectivity index is 2.00. The smallest absolute Gasteiger partial charge is 0.412 e. The van der Waals surface area contributed by atoms with Crippen molar-refractivity contribution in [3.05, 3.63) is 41.0 Å². The van der Waals surface area contributed by atoms with Gasteiger partial charge in [0.1, 0.15) is 11.4 Å². The number of rotatable bonds is 7. The zero-order valence-corrected chi connectivity index (χ0v) is 19.4. The molecule has 0 unspecified atom stereocenters. The molecule has 0 saturated heterocycles. The van der Waals surface area contributed by atoms with Crippen LogP contribution in [-0.2, 0) is 22.5 Å². The fourth-order valence-corrected chi connectivity index (χ4v) is 3.19. The lowest BCUT2D eigenvalue weighted by molar-refractivity contribution is -0.116. The Morgan fingerprint density at radius 2 is 1.87 bits per heavy atom. The standard InChI is InChI=1S/C23H33FN4O3/c1-14(2)13-28-16(4)18(15(3)27-28)9-11-21(29)25-17-8-10-19(24)20(12-17)26-22(30)31-23(5,6)7/h8,10,12,14H,9,11,13H2,1-7H3,(H,25,29)(H,26,30). The second kappa shape index (κ2) is 9.94. The van der Waals surface area contributed by atoms with Crippen molar-refractivity contribution in [2.24, 2.45) is 5.92 Å². The van der Waals surface area contributed by atoms with Gasteiger partial charge in [-0.1, -0.05) is 13.8 Å². The van der Waals surface area contributed by atoms with Crippen molar-refractivity contribution in [1.29, 1.82) is 0 Å². The second-order valence-corrected chi connectivity index (χ2v) is 9.10. The van der Waals surface area contributed by atoms with Crippen LogP contribution in [0.15, 0.2) is 18.2 Å². The largest absolute Gasteiger partial charge is 0.444 e. The van der Waals surface area contributed by atoms with Gasteiger partial charge in [0.05, 0.1) is 11.4 Å². The summed E-state index contributed by atoms with van der Waals surface area (Å²) in [5.74, 6) is -0.339. The molecule has 0 aliphatic rings. The molecular weight excluding hydrogens is 399 g/mol. The number of aromatic nitrogens is 2. The predicted molar refractivity (Wildman–Crippen MR) is 120 cm³/mol. The summed E-state index contributed by atoms with van der Waals surface area (Å²) in [5, 5.41) is 9.70. The second-order valence-electron chi connectivity index (χ2n) is 9.10. The molecule has 0 aliphatic carbocycles. The number of carbonyl (C=O) groups excluding carboxylic acids is 2. The van der Waals surface area contributed by atoms with Crippen LogP contribution in [0.5, 0.6) is 0 Å². The average molecular weight is 433 g/mol. The summed E-state index contributed by atoms with van der Waals surface area (Å²) in [6.45, 7) is 14.2. The number of aryl methyl sites for hydroxylation is 1. The number of ether oxygens (including phenoxy) is 1. The highest BCUT2D eigenvalue weighted by atomic mass is 19.1. The lowest BCUT2D eigenvalue weighted by Gasteiger charge is -2.20. The molecule has 0 radical (unpaired) electrons. The fraction of sp³-hybridized carbons (Fsp3) is 0.522. The zero-order valence-electron chi connectivity index (χ0n) is 19.4. The van der Waals surface area contributed by atoms with Crippen LogP contribution in [0.3, 0.4) is 0 Å². The molecule has 2 rings (SSSR count). The first-order valence-electron chi connectivity index (χ1n) is 10.5. The molecule has 2 amide bonds. The predicted octanol–water partition coefficient (Wildman–Crippen LogP) is 5.21. The molecule has 0 atom stereocenters. The number of hydrogen-bond donors (Lipinski definition) is 2. The molecule has 1 aromatic heterocycles. The van der Waals surface area contributed by atoms with Gasteiger partial charge < -0.3 is 10.1 Å². The minimum atomic E-state index is -0.765. The number of carbonyl (C=O) groups is 2. The number of anilines is 2. The van der Waals surface area contributed by atoms with Crippen molar-refractivity contribution in [2.75, 3.05) is 10.6 Å². The van der Waals surface area contributed by atoms with Gasteiger partial charge in [-0.3, -0.25) is 14.8 Å². The molecular formula is C23H33FN4O3. The van der Waals surface area contributed by atoms with E-state index < -0.39 is 17.5 Å². The molecule has 1 heterocycles. The maximum atomic E-state index is 14.1. The Bertz CT molecular complexity index is 945. The third-order valence-corrected chi connectivity index (χ3v) is 4.56. The first kappa shape index (κ1) is 24.4. The number of amides is 2. The van der Waals surface area contributed by atoms with Gasteiger partial charge in [0.15, 0.2) is 0 Å². The normalized spacial score (nSPS) is 11.5. The van der Waals surface area contributed by atoms with Crippen LogP contribution < -0.4 is 10.6 Å². The van der Waals surface area contributed by atoms with Crippen LogP contribution in [-0.4, -0.2) is 27.4 Å². The van der Waals surface area contributed by atoms with Gasteiger partial charge in [0, 0.05) is 24.3 Å². The van der Waals surface area contributed by atoms with Crippen LogP contribution in [0.1, 0.15) is 58.0 Å². The molecule has 0 saturated carbocycles. The van der Waals surface area contributed by atoms with Gasteiger partial charge in [-0.2, -0.15) is 5.10 Å². The fourth-order valence-electron chi connectivity index (χ4n) is 3.19. The van der Waals surface area contributed by atoms with Crippen molar-refractivity contribution >= 4 is 23.4 Å². The Morgan fingerprint density at radius 3 is 2.48 bits per heavy atom. The number of benzene rings is 1. The van der Waals surface area contributed by atoms with Gasteiger partial charge in [0.25, 0.3) is 0 Å². The summed E-state index contributed by atoms with van der Waals surface area (Å²) in [5.41, 5.74) is 2.70. The monoisotopic (exact) mass is 432 g/mol. The minimum absolute atomic E-state index is 0.0614. The molecule has 0 aliphatic heterocycles. The lowest BCUT2D eigenvalue weighted by Crippen LogP contribution is -2.27. The van der Waals surface area contributed by atoms with Crippen LogP contribution in [0.2, 0.25) is 0 Å². The first-order valence-corrected chi connectivity index (χ1v) is 10.5. The van der Waals surface area contributed by atoms with E-state index in [0.29, 0.717) is 18.0 Å². The molecule has 2 N–H and O–H groups in total. The molecule has 31 heavy (non-hydrogen) atoms. The molecule has 2 aromatic rings. The molecule has 170 valence electrons. The van der Waals surface area contributed by atoms with Crippen LogP contribution in [0.25, 0.3) is 0 Å². The van der Waals surface area contributed by atoms with E-state index in [1.54, 1.807) is 20.8 Å². The zero-order chi connectivity index (χ0) is 23.3. The summed E-state index contributed by atoms with van der Waals surface area (Å²) < 4.78 is 21.2. The number of nitrogens with zero attached hydrogens (tertiary/aromatic N) is 2. The van der Waals surface area contributed by atoms with Crippen LogP contribution >= 0.6 is 0 Å². The summed E-state index contributed by atoms with van der Waals surface area (Å²) in [4.78, 5) is 24.4. The van der Waals surface area contributed by atoms with Crippen LogP contribution in [0, 0.1) is 25.6 Å². The summed E-state index contributed by atoms with van der Waals surface area (Å²) in [6.07, 6.45) is 0.0619. The van der Waals surface area contributed by atoms with E-state index in [1.807, 2.05) is 18.5 Å². The Hall–Kier alpha value is -2.90. The van der Waals surface area contributed by atoms with Crippen molar-refractivity contribution in [1.82, 2.24) is 9.78 Å².